The van der Waals surface area contributed by atoms with Gasteiger partial charge in [-0.25, -0.2) is 4.79 Å². The highest BCUT2D eigenvalue weighted by Crippen LogP contribution is 2.37. The minimum atomic E-state index is -1.94. The van der Waals surface area contributed by atoms with Crippen LogP contribution in [0.4, 0.5) is 0 Å². The highest BCUT2D eigenvalue weighted by Gasteiger charge is 2.60. The molecule has 2 aliphatic heterocycles. The van der Waals surface area contributed by atoms with Crippen molar-refractivity contribution in [2.75, 3.05) is 7.11 Å². The molecule has 212 valence electrons. The number of aromatic amines is 1. The van der Waals surface area contributed by atoms with Crippen molar-refractivity contribution in [3.63, 3.8) is 0 Å². The van der Waals surface area contributed by atoms with Crippen LogP contribution in [0.1, 0.15) is 5.56 Å². The predicted molar refractivity (Wildman–Crippen MR) is 142 cm³/mol. The number of hydrogen-bond acceptors (Lipinski definition) is 10. The number of carboxylic acid groups (broad SMARTS) is 1. The number of aliphatic hydroxyl groups excluding tert-OH is 3. The highest BCUT2D eigenvalue weighted by atomic mass is 16.7. The van der Waals surface area contributed by atoms with Gasteiger partial charge in [0.15, 0.2) is 5.60 Å². The van der Waals surface area contributed by atoms with Gasteiger partial charge in [-0.15, -0.1) is 0 Å². The van der Waals surface area contributed by atoms with Gasteiger partial charge in [0.05, 0.1) is 30.0 Å². The van der Waals surface area contributed by atoms with Crippen LogP contribution in [0.2, 0.25) is 0 Å². The standard InChI is InChI=1S/C29H25NO11/c1-37-17-4-2-14(3-5-17)19-12-38-21-9-18(8-16(11-31)22(21)23(19)32)40-28-24(33)25(34)29(26(41-28)27(35)36)10-15-6-7-30-20(15)13-39-29/h2-10,12-13,24-26,28,30-31,33-34H,11H2,1H3,(H,35,36)/t24-,25-,26-,28-,29+/m1/s1. The normalized spacial score (nSPS) is 25.1. The first kappa shape index (κ1) is 26.6. The van der Waals surface area contributed by atoms with Crippen LogP contribution >= 0.6 is 0 Å². The molecule has 0 bridgehead atoms. The Labute approximate surface area is 230 Å². The first-order valence-electron chi connectivity index (χ1n) is 12.5. The summed E-state index contributed by atoms with van der Waals surface area (Å²) in [5, 5.41) is 43.3. The fraction of sp³-hybridized carbons (Fsp3) is 0.241. The van der Waals surface area contributed by atoms with Gasteiger partial charge in [-0.2, -0.15) is 0 Å². The van der Waals surface area contributed by atoms with E-state index in [1.165, 1.54) is 37.8 Å². The van der Waals surface area contributed by atoms with Gasteiger partial charge in [-0.05, 0) is 41.5 Å². The average Bonchev–Trinajstić information content (AvgIpc) is 3.45. The highest BCUT2D eigenvalue weighted by molar-refractivity contribution is 5.86. The van der Waals surface area contributed by atoms with Crippen LogP contribution in [-0.4, -0.2) is 68.7 Å². The van der Waals surface area contributed by atoms with Gasteiger partial charge in [-0.3, -0.25) is 4.79 Å². The molecule has 0 amide bonds. The summed E-state index contributed by atoms with van der Waals surface area (Å²) >= 11 is 0. The summed E-state index contributed by atoms with van der Waals surface area (Å²) in [5.41, 5.74) is -1.25. The van der Waals surface area contributed by atoms with Gasteiger partial charge in [0.25, 0.3) is 0 Å². The smallest absolute Gasteiger partial charge is 0.337 e. The third-order valence-electron chi connectivity index (χ3n) is 7.30. The minimum Gasteiger partial charge on any atom is -0.497 e. The first-order valence-corrected chi connectivity index (χ1v) is 12.5. The third-order valence-corrected chi connectivity index (χ3v) is 7.30. The van der Waals surface area contributed by atoms with Crippen molar-refractivity contribution in [3.05, 3.63) is 81.3 Å². The number of H-pyrrole nitrogens is 1. The van der Waals surface area contributed by atoms with Crippen LogP contribution in [0.25, 0.3) is 34.4 Å². The lowest BCUT2D eigenvalue weighted by Crippen LogP contribution is -2.69. The number of aromatic nitrogens is 1. The molecule has 0 unspecified atom stereocenters. The Hall–Kier alpha value is -4.62. The van der Waals surface area contributed by atoms with Crippen LogP contribution in [0.3, 0.4) is 0 Å². The Morgan fingerprint density at radius 3 is 2.61 bits per heavy atom. The summed E-state index contributed by atoms with van der Waals surface area (Å²) in [6.07, 6.45) is -1.42. The van der Waals surface area contributed by atoms with E-state index in [4.69, 9.17) is 23.4 Å². The van der Waals surface area contributed by atoms with Crippen molar-refractivity contribution >= 4 is 29.3 Å². The number of methoxy groups -OCH3 is 1. The lowest BCUT2D eigenvalue weighted by Gasteiger charge is -2.47. The molecule has 0 aliphatic carbocycles. The number of carboxylic acids is 1. The van der Waals surface area contributed by atoms with Crippen LogP contribution in [0, 0.1) is 0 Å². The number of aliphatic hydroxyl groups is 3. The van der Waals surface area contributed by atoms with Gasteiger partial charge in [0, 0.05) is 17.5 Å². The molecule has 1 fully saturated rings. The molecule has 2 aromatic heterocycles. The number of nitrogens with one attached hydrogen (secondary N) is 1. The topological polar surface area (TPSA) is 181 Å². The molecule has 5 atom stereocenters. The monoisotopic (exact) mass is 563 g/mol. The fourth-order valence-electron chi connectivity index (χ4n) is 5.20. The fourth-order valence-corrected chi connectivity index (χ4v) is 5.20. The number of benzene rings is 2. The summed E-state index contributed by atoms with van der Waals surface area (Å²) in [6.45, 7) is -0.556. The maximum Gasteiger partial charge on any atom is 0.337 e. The number of hydrogen-bond donors (Lipinski definition) is 5. The average molecular weight is 564 g/mol. The number of carbonyl (C=O) groups is 1. The molecule has 5 N–H and O–H groups in total. The molecule has 0 radical (unpaired) electrons. The van der Waals surface area contributed by atoms with Gasteiger partial charge in [0.2, 0.25) is 17.8 Å². The van der Waals surface area contributed by atoms with Gasteiger partial charge < -0.3 is 48.8 Å². The van der Waals surface area contributed by atoms with Crippen molar-refractivity contribution in [1.82, 2.24) is 4.98 Å². The van der Waals surface area contributed by atoms with Crippen molar-refractivity contribution in [1.29, 1.82) is 0 Å². The maximum absolute atomic E-state index is 13.4. The maximum atomic E-state index is 13.4. The SMILES string of the molecule is COc1ccc(-c2coc3cc(O[C@@H]4O[C@H](C(=O)O)[C@]5(C=c6cc[nH]c6=CO5)[C@H](O)[C@H]4O)cc(CO)c3c2=O)cc1. The molecule has 4 heterocycles. The van der Waals surface area contributed by atoms with Gasteiger partial charge >= 0.3 is 5.97 Å². The molecule has 12 heteroatoms. The number of rotatable bonds is 6. The van der Waals surface area contributed by atoms with E-state index < -0.39 is 48.2 Å². The zero-order valence-corrected chi connectivity index (χ0v) is 21.5. The summed E-state index contributed by atoms with van der Waals surface area (Å²) in [6, 6.07) is 11.2. The Bertz CT molecular complexity index is 1810. The Kier molecular flexibility index (Phi) is 6.54. The summed E-state index contributed by atoms with van der Waals surface area (Å²) < 4.78 is 27.9. The Morgan fingerprint density at radius 1 is 1.12 bits per heavy atom. The van der Waals surface area contributed by atoms with E-state index >= 15 is 0 Å². The lowest BCUT2D eigenvalue weighted by molar-refractivity contribution is -0.286. The molecule has 1 saturated heterocycles. The largest absolute Gasteiger partial charge is 0.497 e. The van der Waals surface area contributed by atoms with Crippen molar-refractivity contribution in [2.24, 2.45) is 0 Å². The van der Waals surface area contributed by atoms with E-state index in [1.54, 1.807) is 36.5 Å². The summed E-state index contributed by atoms with van der Waals surface area (Å²) in [4.78, 5) is 28.5. The predicted octanol–water partition coefficient (Wildman–Crippen LogP) is 0.187. The molecular weight excluding hydrogens is 538 g/mol. The van der Waals surface area contributed by atoms with E-state index in [0.717, 1.165) is 0 Å². The number of aliphatic carboxylic acids is 1. The zero-order chi connectivity index (χ0) is 28.9. The lowest BCUT2D eigenvalue weighted by atomic mass is 9.82. The van der Waals surface area contributed by atoms with Crippen molar-refractivity contribution < 1.29 is 48.6 Å². The number of fused-ring (bicyclic) bond motifs is 2. The quantitative estimate of drug-likeness (QED) is 0.216. The van der Waals surface area contributed by atoms with Crippen molar-refractivity contribution in [3.8, 4) is 22.6 Å². The van der Waals surface area contributed by atoms with E-state index in [2.05, 4.69) is 4.98 Å². The molecule has 2 aromatic carbocycles. The van der Waals surface area contributed by atoms with Crippen molar-refractivity contribution in [2.45, 2.75) is 36.8 Å². The zero-order valence-electron chi connectivity index (χ0n) is 21.5. The van der Waals surface area contributed by atoms with Gasteiger partial charge in [0.1, 0.15) is 41.8 Å². The number of ether oxygens (including phenoxy) is 4. The molecule has 0 saturated carbocycles. The third kappa shape index (κ3) is 4.33. The van der Waals surface area contributed by atoms with Crippen LogP contribution in [0.15, 0.2) is 64.1 Å². The molecule has 12 nitrogen and oxygen atoms in total. The molecule has 41 heavy (non-hydrogen) atoms. The molecule has 1 spiro atoms. The van der Waals surface area contributed by atoms with Crippen LogP contribution < -0.4 is 25.5 Å². The molecule has 4 aromatic rings. The second-order valence-corrected chi connectivity index (χ2v) is 9.68. The van der Waals surface area contributed by atoms with E-state index in [9.17, 15) is 30.0 Å². The summed E-state index contributed by atoms with van der Waals surface area (Å²) in [5.74, 6) is -0.851. The molecule has 2 aliphatic rings. The van der Waals surface area contributed by atoms with E-state index in [0.29, 0.717) is 21.9 Å². The molecular formula is C29H25NO11. The van der Waals surface area contributed by atoms with E-state index in [-0.39, 0.29) is 27.8 Å². The van der Waals surface area contributed by atoms with Crippen LogP contribution in [0.5, 0.6) is 11.5 Å². The van der Waals surface area contributed by atoms with E-state index in [1.807, 2.05) is 0 Å². The first-order chi connectivity index (χ1) is 19.8. The van der Waals surface area contributed by atoms with Gasteiger partial charge in [-0.1, -0.05) is 12.1 Å². The Balaban J connectivity index is 1.34. The Morgan fingerprint density at radius 2 is 1.90 bits per heavy atom. The second kappa shape index (κ2) is 10.1. The van der Waals surface area contributed by atoms with Crippen LogP contribution in [-0.2, 0) is 20.9 Å². The summed E-state index contributed by atoms with van der Waals surface area (Å²) in [7, 11) is 1.53. The molecule has 6 rings (SSSR count). The minimum absolute atomic E-state index is 0.00809. The second-order valence-electron chi connectivity index (χ2n) is 9.68.